The van der Waals surface area contributed by atoms with Gasteiger partial charge in [-0.05, 0) is 25.0 Å². The summed E-state index contributed by atoms with van der Waals surface area (Å²) >= 11 is 1.27. The number of nitrogens with zero attached hydrogens (tertiary/aromatic N) is 2. The lowest BCUT2D eigenvalue weighted by molar-refractivity contribution is 0.0955. The number of anilines is 2. The fraction of sp³-hybridized carbons (Fsp3) is 0.357. The molecule has 2 rings (SSSR count). The Kier molecular flexibility index (Phi) is 5.10. The molecule has 0 saturated heterocycles. The number of nitrogen functional groups attached to an aromatic ring is 1. The van der Waals surface area contributed by atoms with E-state index in [0.29, 0.717) is 16.6 Å². The van der Waals surface area contributed by atoms with Crippen LogP contribution in [0.2, 0.25) is 0 Å². The Balaban J connectivity index is 2.00. The summed E-state index contributed by atoms with van der Waals surface area (Å²) in [5.41, 5.74) is 7.68. The Morgan fingerprint density at radius 3 is 3.00 bits per heavy atom. The predicted molar refractivity (Wildman–Crippen MR) is 85.5 cm³/mol. The van der Waals surface area contributed by atoms with E-state index in [1.807, 2.05) is 19.1 Å². The molecule has 0 spiro atoms. The van der Waals surface area contributed by atoms with E-state index in [2.05, 4.69) is 27.5 Å². The highest BCUT2D eigenvalue weighted by molar-refractivity contribution is 7.18. The van der Waals surface area contributed by atoms with Gasteiger partial charge in [0.1, 0.15) is 10.7 Å². The Morgan fingerprint density at radius 1 is 1.48 bits per heavy atom. The number of amides is 1. The number of nitrogens with two attached hydrogens (primary N) is 1. The number of nitrogens with one attached hydrogen (secondary N) is 2. The summed E-state index contributed by atoms with van der Waals surface area (Å²) in [6, 6.07) is 3.83. The number of aryl methyl sites for hydroxylation is 1. The molecule has 7 heteroatoms. The van der Waals surface area contributed by atoms with Crippen LogP contribution >= 0.6 is 11.3 Å². The van der Waals surface area contributed by atoms with Crippen LogP contribution in [0.3, 0.4) is 0 Å². The highest BCUT2D eigenvalue weighted by Gasteiger charge is 2.16. The third kappa shape index (κ3) is 3.91. The average molecular weight is 305 g/mol. The van der Waals surface area contributed by atoms with Crippen LogP contribution in [0.1, 0.15) is 34.3 Å². The maximum absolute atomic E-state index is 12.2. The fourth-order valence-corrected chi connectivity index (χ4v) is 2.58. The van der Waals surface area contributed by atoms with E-state index in [1.165, 1.54) is 11.3 Å². The van der Waals surface area contributed by atoms with Crippen molar-refractivity contribution in [2.24, 2.45) is 0 Å². The topological polar surface area (TPSA) is 92.9 Å². The SMILES string of the molecule is CCCNc1nc(N)c(C(=O)NCc2ncccc2C)s1. The minimum absolute atomic E-state index is 0.223. The van der Waals surface area contributed by atoms with Crippen molar-refractivity contribution in [1.29, 1.82) is 0 Å². The molecular weight excluding hydrogens is 286 g/mol. The summed E-state index contributed by atoms with van der Waals surface area (Å²) in [4.78, 5) is 21.0. The number of thiazole rings is 1. The normalized spacial score (nSPS) is 10.4. The molecule has 1 amide bonds. The van der Waals surface area contributed by atoms with Gasteiger partial charge in [-0.15, -0.1) is 0 Å². The number of aromatic nitrogens is 2. The van der Waals surface area contributed by atoms with Crippen LogP contribution in [0.4, 0.5) is 10.9 Å². The average Bonchev–Trinajstić information content (AvgIpc) is 2.85. The maximum atomic E-state index is 12.2. The van der Waals surface area contributed by atoms with Crippen molar-refractivity contribution < 1.29 is 4.79 Å². The van der Waals surface area contributed by atoms with Gasteiger partial charge in [0, 0.05) is 12.7 Å². The van der Waals surface area contributed by atoms with Gasteiger partial charge in [-0.2, -0.15) is 0 Å². The highest BCUT2D eigenvalue weighted by Crippen LogP contribution is 2.24. The summed E-state index contributed by atoms with van der Waals surface area (Å²) in [7, 11) is 0. The first-order valence-corrected chi connectivity index (χ1v) is 7.62. The van der Waals surface area contributed by atoms with Gasteiger partial charge in [-0.1, -0.05) is 24.3 Å². The molecule has 0 aliphatic carbocycles. The maximum Gasteiger partial charge on any atom is 0.265 e. The van der Waals surface area contributed by atoms with Crippen LogP contribution in [0, 0.1) is 6.92 Å². The van der Waals surface area contributed by atoms with Gasteiger partial charge in [0.05, 0.1) is 12.2 Å². The largest absolute Gasteiger partial charge is 0.382 e. The van der Waals surface area contributed by atoms with Crippen LogP contribution in [0.5, 0.6) is 0 Å². The van der Waals surface area contributed by atoms with Crippen LogP contribution in [-0.4, -0.2) is 22.4 Å². The van der Waals surface area contributed by atoms with Gasteiger partial charge >= 0.3 is 0 Å². The molecule has 0 aliphatic rings. The Hall–Kier alpha value is -2.15. The number of carbonyl (C=O) groups is 1. The monoisotopic (exact) mass is 305 g/mol. The van der Waals surface area contributed by atoms with Crippen molar-refractivity contribution in [3.63, 3.8) is 0 Å². The van der Waals surface area contributed by atoms with E-state index >= 15 is 0 Å². The second-order valence-electron chi connectivity index (χ2n) is 4.61. The zero-order valence-corrected chi connectivity index (χ0v) is 13.0. The molecule has 0 bridgehead atoms. The Bertz CT molecular complexity index is 626. The lowest BCUT2D eigenvalue weighted by Gasteiger charge is -2.05. The van der Waals surface area contributed by atoms with E-state index in [9.17, 15) is 4.79 Å². The molecule has 0 fully saturated rings. The molecule has 0 saturated carbocycles. The van der Waals surface area contributed by atoms with Crippen LogP contribution in [0.25, 0.3) is 0 Å². The summed E-state index contributed by atoms with van der Waals surface area (Å²) in [6.07, 6.45) is 2.70. The van der Waals surface area contributed by atoms with Gasteiger partial charge in [-0.25, -0.2) is 4.98 Å². The van der Waals surface area contributed by atoms with Gasteiger partial charge in [0.2, 0.25) is 0 Å². The van der Waals surface area contributed by atoms with Crippen LogP contribution in [0.15, 0.2) is 18.3 Å². The van der Waals surface area contributed by atoms with Crippen molar-refractivity contribution in [3.05, 3.63) is 34.5 Å². The van der Waals surface area contributed by atoms with Crippen LogP contribution < -0.4 is 16.4 Å². The Morgan fingerprint density at radius 2 is 2.29 bits per heavy atom. The number of pyridine rings is 1. The molecule has 0 radical (unpaired) electrons. The molecule has 0 aromatic carbocycles. The molecule has 0 unspecified atom stereocenters. The van der Waals surface area contributed by atoms with Crippen molar-refractivity contribution in [3.8, 4) is 0 Å². The second kappa shape index (κ2) is 7.03. The molecule has 6 nitrogen and oxygen atoms in total. The molecular formula is C14H19N5OS. The third-order valence-electron chi connectivity index (χ3n) is 2.92. The lowest BCUT2D eigenvalue weighted by Crippen LogP contribution is -2.23. The standard InChI is InChI=1S/C14H19N5OS/c1-3-6-17-14-19-12(15)11(21-14)13(20)18-8-10-9(2)5-4-7-16-10/h4-5,7H,3,6,8,15H2,1-2H3,(H,17,19)(H,18,20). The number of carbonyl (C=O) groups excluding carboxylic acids is 1. The molecule has 0 atom stereocenters. The molecule has 21 heavy (non-hydrogen) atoms. The summed E-state index contributed by atoms with van der Waals surface area (Å²) < 4.78 is 0. The second-order valence-corrected chi connectivity index (χ2v) is 5.61. The first-order chi connectivity index (χ1) is 10.1. The highest BCUT2D eigenvalue weighted by atomic mass is 32.1. The lowest BCUT2D eigenvalue weighted by atomic mass is 10.2. The van der Waals surface area contributed by atoms with Crippen molar-refractivity contribution in [1.82, 2.24) is 15.3 Å². The summed E-state index contributed by atoms with van der Waals surface area (Å²) in [5.74, 6) is 0.0356. The Labute approximate surface area is 127 Å². The minimum Gasteiger partial charge on any atom is -0.382 e. The predicted octanol–water partition coefficient (Wildman–Crippen LogP) is 2.18. The first kappa shape index (κ1) is 15.2. The smallest absolute Gasteiger partial charge is 0.265 e. The quantitative estimate of drug-likeness (QED) is 0.760. The van der Waals surface area contributed by atoms with E-state index < -0.39 is 0 Å². The van der Waals surface area contributed by atoms with E-state index in [-0.39, 0.29) is 11.7 Å². The fourth-order valence-electron chi connectivity index (χ4n) is 1.75. The number of hydrogen-bond donors (Lipinski definition) is 3. The van der Waals surface area contributed by atoms with Gasteiger partial charge in [-0.3, -0.25) is 9.78 Å². The molecule has 112 valence electrons. The van der Waals surface area contributed by atoms with Crippen molar-refractivity contribution in [2.45, 2.75) is 26.8 Å². The van der Waals surface area contributed by atoms with Gasteiger partial charge in [0.15, 0.2) is 5.13 Å². The summed E-state index contributed by atoms with van der Waals surface area (Å²) in [5, 5.41) is 6.63. The number of hydrogen-bond acceptors (Lipinski definition) is 6. The van der Waals surface area contributed by atoms with E-state index in [0.717, 1.165) is 24.2 Å². The molecule has 2 heterocycles. The molecule has 4 N–H and O–H groups in total. The number of rotatable bonds is 6. The first-order valence-electron chi connectivity index (χ1n) is 6.80. The van der Waals surface area contributed by atoms with Crippen LogP contribution in [-0.2, 0) is 6.54 Å². The third-order valence-corrected chi connectivity index (χ3v) is 3.95. The molecule has 0 aliphatic heterocycles. The van der Waals surface area contributed by atoms with Crippen molar-refractivity contribution >= 4 is 28.2 Å². The van der Waals surface area contributed by atoms with E-state index in [4.69, 9.17) is 5.73 Å². The zero-order valence-electron chi connectivity index (χ0n) is 12.1. The zero-order chi connectivity index (χ0) is 15.2. The summed E-state index contributed by atoms with van der Waals surface area (Å²) in [6.45, 7) is 5.21. The van der Waals surface area contributed by atoms with Gasteiger partial charge < -0.3 is 16.4 Å². The molecule has 2 aromatic heterocycles. The molecule has 2 aromatic rings. The minimum atomic E-state index is -0.223. The van der Waals surface area contributed by atoms with Gasteiger partial charge in [0.25, 0.3) is 5.91 Å². The van der Waals surface area contributed by atoms with Crippen molar-refractivity contribution in [2.75, 3.05) is 17.6 Å². The van der Waals surface area contributed by atoms with E-state index in [1.54, 1.807) is 6.20 Å².